The molecular weight excluding hydrogens is 182 g/mol. The summed E-state index contributed by atoms with van der Waals surface area (Å²) in [6.07, 6.45) is 1.03. The molecule has 7 heavy (non-hydrogen) atoms. The molecule has 0 aromatic rings. The molecule has 0 aromatic carbocycles. The van der Waals surface area contributed by atoms with Gasteiger partial charge in [0.15, 0.2) is 0 Å². The zero-order valence-corrected chi connectivity index (χ0v) is 5.92. The van der Waals surface area contributed by atoms with E-state index in [2.05, 4.69) is 3.73 Å². The fraction of sp³-hybridized carbons (Fsp3) is 0. The Morgan fingerprint density at radius 1 is 1.57 bits per heavy atom. The molecule has 0 saturated carbocycles. The van der Waals surface area contributed by atoms with E-state index in [-0.39, 0.29) is 0 Å². The molecule has 0 fully saturated rings. The fourth-order valence-corrected chi connectivity index (χ4v) is 0.641. The van der Waals surface area contributed by atoms with Gasteiger partial charge in [-0.2, -0.15) is 0 Å². The number of halogens is 1. The van der Waals surface area contributed by atoms with Crippen LogP contribution in [0, 0.1) is 0 Å². The number of rotatable bonds is 2. The molecular formula is C2H4AsClO3. The van der Waals surface area contributed by atoms with E-state index in [9.17, 15) is 0 Å². The summed E-state index contributed by atoms with van der Waals surface area (Å²) in [6.45, 7) is 0. The molecule has 0 bridgehead atoms. The van der Waals surface area contributed by atoms with Crippen molar-refractivity contribution in [3.63, 3.8) is 0 Å². The Balaban J connectivity index is 2.97. The Morgan fingerprint density at radius 3 is 2.29 bits per heavy atom. The molecule has 0 heterocycles. The van der Waals surface area contributed by atoms with Gasteiger partial charge in [-0.05, 0) is 0 Å². The van der Waals surface area contributed by atoms with E-state index >= 15 is 0 Å². The molecule has 0 unspecified atom stereocenters. The van der Waals surface area contributed by atoms with Gasteiger partial charge in [0.2, 0.25) is 0 Å². The standard InChI is InChI=1S/C2H4AsClO3/c4-1-2-7-3(5)6/h1-2,5-6H/b2-1+. The maximum atomic E-state index is 8.05. The minimum atomic E-state index is -2.91. The second kappa shape index (κ2) is 4.47. The van der Waals surface area contributed by atoms with Crippen molar-refractivity contribution < 1.29 is 11.9 Å². The third-order valence-electron chi connectivity index (χ3n) is 0.207. The summed E-state index contributed by atoms with van der Waals surface area (Å²) in [5.41, 5.74) is 1.06. The van der Waals surface area contributed by atoms with E-state index in [0.717, 1.165) is 11.8 Å². The Morgan fingerprint density at radius 2 is 2.14 bits per heavy atom. The van der Waals surface area contributed by atoms with Gasteiger partial charge in [0.25, 0.3) is 0 Å². The molecule has 42 valence electrons. The average Bonchev–Trinajstić information content (AvgIpc) is 1.61. The summed E-state index contributed by atoms with van der Waals surface area (Å²) in [6, 6.07) is 0. The van der Waals surface area contributed by atoms with Crippen molar-refractivity contribution >= 4 is 27.3 Å². The van der Waals surface area contributed by atoms with Crippen LogP contribution < -0.4 is 0 Å². The molecule has 0 aliphatic carbocycles. The van der Waals surface area contributed by atoms with Gasteiger partial charge >= 0.3 is 51.0 Å². The first-order valence-electron chi connectivity index (χ1n) is 1.37. The van der Waals surface area contributed by atoms with Crippen LogP contribution in [0.3, 0.4) is 0 Å². The van der Waals surface area contributed by atoms with Crippen molar-refractivity contribution in [1.82, 2.24) is 0 Å². The minimum absolute atomic E-state index is 1.03. The summed E-state index contributed by atoms with van der Waals surface area (Å²) in [5.74, 6) is 0. The molecule has 0 aliphatic rings. The summed E-state index contributed by atoms with van der Waals surface area (Å²) in [4.78, 5) is 0. The van der Waals surface area contributed by atoms with Crippen molar-refractivity contribution in [2.45, 2.75) is 0 Å². The molecule has 0 rings (SSSR count). The van der Waals surface area contributed by atoms with Crippen molar-refractivity contribution in [3.05, 3.63) is 11.8 Å². The molecule has 0 radical (unpaired) electrons. The van der Waals surface area contributed by atoms with Gasteiger partial charge in [0, 0.05) is 0 Å². The van der Waals surface area contributed by atoms with Crippen LogP contribution in [0.5, 0.6) is 0 Å². The number of hydrogen-bond acceptors (Lipinski definition) is 3. The van der Waals surface area contributed by atoms with E-state index in [1.165, 1.54) is 0 Å². The van der Waals surface area contributed by atoms with Crippen LogP contribution in [-0.2, 0) is 3.73 Å². The Bertz CT molecular complexity index is 64.0. The van der Waals surface area contributed by atoms with Gasteiger partial charge in [-0.1, -0.05) is 0 Å². The molecule has 2 N–H and O–H groups in total. The molecule has 0 spiro atoms. The normalized spacial score (nSPS) is 10.9. The van der Waals surface area contributed by atoms with E-state index in [1.54, 1.807) is 0 Å². The molecule has 0 aliphatic heterocycles. The second-order valence-electron chi connectivity index (χ2n) is 0.620. The quantitative estimate of drug-likeness (QED) is 0.459. The molecule has 0 amide bonds. The zero-order valence-electron chi connectivity index (χ0n) is 3.28. The van der Waals surface area contributed by atoms with Crippen molar-refractivity contribution in [2.75, 3.05) is 0 Å². The van der Waals surface area contributed by atoms with E-state index in [0.29, 0.717) is 0 Å². The first-order chi connectivity index (χ1) is 3.27. The summed E-state index contributed by atoms with van der Waals surface area (Å²) < 4.78 is 20.2. The summed E-state index contributed by atoms with van der Waals surface area (Å²) in [7, 11) is 0. The Labute approximate surface area is 51.5 Å². The molecule has 5 heteroatoms. The first-order valence-corrected chi connectivity index (χ1v) is 4.25. The van der Waals surface area contributed by atoms with Crippen LogP contribution >= 0.6 is 11.6 Å². The van der Waals surface area contributed by atoms with Gasteiger partial charge in [0.1, 0.15) is 0 Å². The van der Waals surface area contributed by atoms with Crippen LogP contribution in [0.4, 0.5) is 0 Å². The van der Waals surface area contributed by atoms with Gasteiger partial charge < -0.3 is 0 Å². The van der Waals surface area contributed by atoms with Crippen molar-refractivity contribution in [1.29, 1.82) is 0 Å². The second-order valence-corrected chi connectivity index (χ2v) is 2.38. The van der Waals surface area contributed by atoms with Gasteiger partial charge in [-0.25, -0.2) is 0 Å². The van der Waals surface area contributed by atoms with Crippen LogP contribution in [0.25, 0.3) is 0 Å². The van der Waals surface area contributed by atoms with Crippen LogP contribution in [-0.4, -0.2) is 23.9 Å². The van der Waals surface area contributed by atoms with Crippen LogP contribution in [0.2, 0.25) is 0 Å². The summed E-state index contributed by atoms with van der Waals surface area (Å²) in [5, 5.41) is 0. The maximum absolute atomic E-state index is 8.05. The van der Waals surface area contributed by atoms with Gasteiger partial charge in [-0.3, -0.25) is 0 Å². The first kappa shape index (κ1) is 7.31. The molecule has 0 saturated heterocycles. The molecule has 0 aromatic heterocycles. The monoisotopic (exact) mass is 186 g/mol. The van der Waals surface area contributed by atoms with Gasteiger partial charge in [-0.15, -0.1) is 0 Å². The average molecular weight is 186 g/mol. The third kappa shape index (κ3) is 6.31. The fourth-order valence-electron chi connectivity index (χ4n) is 0.0774. The van der Waals surface area contributed by atoms with Crippen LogP contribution in [0.15, 0.2) is 11.8 Å². The van der Waals surface area contributed by atoms with Crippen molar-refractivity contribution in [3.8, 4) is 0 Å². The molecule has 0 atom stereocenters. The zero-order chi connectivity index (χ0) is 5.70. The number of hydrogen-bond donors (Lipinski definition) is 2. The van der Waals surface area contributed by atoms with E-state index in [1.807, 2.05) is 0 Å². The predicted molar refractivity (Wildman–Crippen MR) is 26.3 cm³/mol. The van der Waals surface area contributed by atoms with Crippen molar-refractivity contribution in [2.24, 2.45) is 0 Å². The summed E-state index contributed by atoms with van der Waals surface area (Å²) >= 11 is 2.03. The third-order valence-corrected chi connectivity index (χ3v) is 0.960. The topological polar surface area (TPSA) is 49.7 Å². The van der Waals surface area contributed by atoms with Gasteiger partial charge in [0.05, 0.1) is 0 Å². The Kier molecular flexibility index (Phi) is 4.66. The van der Waals surface area contributed by atoms with E-state index < -0.39 is 15.7 Å². The van der Waals surface area contributed by atoms with E-state index in [4.69, 9.17) is 19.8 Å². The molecule has 3 nitrogen and oxygen atoms in total. The SMILES string of the molecule is O[As](O)O/C=C/Cl. The van der Waals surface area contributed by atoms with Crippen LogP contribution in [0.1, 0.15) is 0 Å². The Hall–Kier alpha value is 0.308. The predicted octanol–water partition coefficient (Wildman–Crippen LogP) is -0.318.